The minimum Gasteiger partial charge on any atom is -0.302 e. The molecule has 4 rings (SSSR count). The molecule has 3 nitrogen and oxygen atoms in total. The molecule has 1 fully saturated rings. The summed E-state index contributed by atoms with van der Waals surface area (Å²) >= 11 is 0. The van der Waals surface area contributed by atoms with E-state index in [1.54, 1.807) is 0 Å². The van der Waals surface area contributed by atoms with E-state index in [4.69, 9.17) is 0 Å². The van der Waals surface area contributed by atoms with E-state index < -0.39 is 0 Å². The number of carbonyl (C=O) groups is 1. The summed E-state index contributed by atoms with van der Waals surface area (Å²) in [5, 5.41) is 0. The van der Waals surface area contributed by atoms with Crippen LogP contribution in [0.2, 0.25) is 0 Å². The first kappa shape index (κ1) is 13.3. The van der Waals surface area contributed by atoms with Crippen LogP contribution in [0.25, 0.3) is 0 Å². The summed E-state index contributed by atoms with van der Waals surface area (Å²) in [6, 6.07) is 18.2. The Labute approximate surface area is 130 Å². The summed E-state index contributed by atoms with van der Waals surface area (Å²) in [7, 11) is 0. The van der Waals surface area contributed by atoms with Crippen LogP contribution in [0.3, 0.4) is 0 Å². The summed E-state index contributed by atoms with van der Waals surface area (Å²) < 4.78 is 0. The van der Waals surface area contributed by atoms with Crippen molar-refractivity contribution in [2.45, 2.75) is 25.3 Å². The van der Waals surface area contributed by atoms with Gasteiger partial charge < -0.3 is 4.90 Å². The molecule has 1 amide bonds. The highest BCUT2D eigenvalue weighted by Crippen LogP contribution is 2.42. The predicted molar refractivity (Wildman–Crippen MR) is 88.6 cm³/mol. The van der Waals surface area contributed by atoms with Crippen LogP contribution in [0.15, 0.2) is 59.6 Å². The van der Waals surface area contributed by atoms with E-state index >= 15 is 0 Å². The maximum absolute atomic E-state index is 12.9. The highest BCUT2D eigenvalue weighted by molar-refractivity contribution is 6.01. The number of fused-ring (bicyclic) bond motifs is 1. The van der Waals surface area contributed by atoms with Crippen molar-refractivity contribution in [3.8, 4) is 0 Å². The highest BCUT2D eigenvalue weighted by Gasteiger charge is 2.38. The van der Waals surface area contributed by atoms with Gasteiger partial charge in [0.25, 0.3) is 0 Å². The van der Waals surface area contributed by atoms with Crippen molar-refractivity contribution < 1.29 is 4.79 Å². The van der Waals surface area contributed by atoms with Crippen molar-refractivity contribution in [1.82, 2.24) is 0 Å². The lowest BCUT2D eigenvalue weighted by Crippen LogP contribution is -2.36. The molecule has 1 unspecified atom stereocenters. The second-order valence-corrected chi connectivity index (χ2v) is 5.95. The van der Waals surface area contributed by atoms with Gasteiger partial charge in [-0.2, -0.15) is 0 Å². The molecular weight excluding hydrogens is 272 g/mol. The summed E-state index contributed by atoms with van der Waals surface area (Å²) in [6.07, 6.45) is 4.72. The molecule has 1 aliphatic heterocycles. The summed E-state index contributed by atoms with van der Waals surface area (Å²) in [4.78, 5) is 19.5. The van der Waals surface area contributed by atoms with Crippen molar-refractivity contribution in [3.05, 3.63) is 60.2 Å². The third-order valence-electron chi connectivity index (χ3n) is 4.36. The quantitative estimate of drug-likeness (QED) is 0.812. The average molecular weight is 290 g/mol. The first-order valence-corrected chi connectivity index (χ1v) is 7.84. The molecule has 0 spiro atoms. The fourth-order valence-corrected chi connectivity index (χ4v) is 3.06. The molecule has 2 aromatic carbocycles. The smallest absolute Gasteiger partial charge is 0.230 e. The molecule has 22 heavy (non-hydrogen) atoms. The fraction of sp³-hybridized carbons (Fsp3) is 0.263. The molecule has 2 aliphatic rings. The van der Waals surface area contributed by atoms with Crippen LogP contribution < -0.4 is 4.90 Å². The van der Waals surface area contributed by atoms with Crippen molar-refractivity contribution in [3.63, 3.8) is 0 Å². The lowest BCUT2D eigenvalue weighted by Gasteiger charge is -2.31. The summed E-state index contributed by atoms with van der Waals surface area (Å²) in [5.74, 6) is 0.434. The number of anilines is 1. The second kappa shape index (κ2) is 5.41. The number of aliphatic imine (C=N–C) groups is 1. The number of para-hydroxylation sites is 2. The van der Waals surface area contributed by atoms with Crippen LogP contribution in [0, 0.1) is 5.92 Å². The fourth-order valence-electron chi connectivity index (χ4n) is 3.06. The first-order chi connectivity index (χ1) is 10.8. The van der Waals surface area contributed by atoms with Gasteiger partial charge in [0.05, 0.1) is 17.4 Å². The van der Waals surface area contributed by atoms with Crippen LogP contribution in [-0.2, 0) is 4.79 Å². The van der Waals surface area contributed by atoms with Gasteiger partial charge in [0.2, 0.25) is 5.91 Å². The molecule has 1 heterocycles. The van der Waals surface area contributed by atoms with Gasteiger partial charge in [-0.3, -0.25) is 9.79 Å². The van der Waals surface area contributed by atoms with Gasteiger partial charge in [-0.25, -0.2) is 0 Å². The van der Waals surface area contributed by atoms with Gasteiger partial charge in [0, 0.05) is 18.6 Å². The molecule has 0 radical (unpaired) electrons. The van der Waals surface area contributed by atoms with Crippen LogP contribution in [-0.4, -0.2) is 12.1 Å². The van der Waals surface area contributed by atoms with Crippen molar-refractivity contribution >= 4 is 23.5 Å². The molecule has 3 heteroatoms. The van der Waals surface area contributed by atoms with E-state index in [2.05, 4.69) is 17.1 Å². The Morgan fingerprint density at radius 1 is 1.00 bits per heavy atom. The van der Waals surface area contributed by atoms with E-state index in [0.717, 1.165) is 30.6 Å². The number of nitrogens with zero attached hydrogens (tertiary/aromatic N) is 2. The largest absolute Gasteiger partial charge is 0.302 e. The minimum absolute atomic E-state index is 0.0294. The first-order valence-electron chi connectivity index (χ1n) is 7.84. The third kappa shape index (κ3) is 2.33. The normalized spacial score (nSPS) is 20.4. The molecule has 1 aliphatic carbocycles. The Morgan fingerprint density at radius 2 is 1.73 bits per heavy atom. The monoisotopic (exact) mass is 290 g/mol. The summed E-state index contributed by atoms with van der Waals surface area (Å²) in [6.45, 7) is 0. The maximum Gasteiger partial charge on any atom is 0.230 e. The number of carbonyl (C=O) groups excluding carboxylic acids is 1. The molecule has 1 saturated carbocycles. The van der Waals surface area contributed by atoms with Crippen LogP contribution in [0.1, 0.15) is 30.9 Å². The zero-order valence-electron chi connectivity index (χ0n) is 12.4. The van der Waals surface area contributed by atoms with Gasteiger partial charge in [0.15, 0.2) is 0 Å². The number of hydrogen-bond acceptors (Lipinski definition) is 2. The van der Waals surface area contributed by atoms with Gasteiger partial charge in [-0.05, 0) is 30.5 Å². The maximum atomic E-state index is 12.9. The molecule has 2 aromatic rings. The molecule has 0 N–H and O–H groups in total. The van der Waals surface area contributed by atoms with Crippen molar-refractivity contribution in [1.29, 1.82) is 0 Å². The Kier molecular flexibility index (Phi) is 3.26. The molecule has 110 valence electrons. The lowest BCUT2D eigenvalue weighted by molar-refractivity contribution is -0.120. The zero-order valence-corrected chi connectivity index (χ0v) is 12.4. The van der Waals surface area contributed by atoms with E-state index in [-0.39, 0.29) is 17.9 Å². The average Bonchev–Trinajstić information content (AvgIpc) is 3.41. The molecule has 0 bridgehead atoms. The van der Waals surface area contributed by atoms with Gasteiger partial charge in [-0.15, -0.1) is 0 Å². The standard InChI is InChI=1S/C19H18N2O/c22-19(15-10-11-15)21-17(14-6-2-1-3-7-14)12-13-20-16-8-4-5-9-18(16)21/h1-9,13,15,17H,10-12H2. The molecule has 0 aromatic heterocycles. The van der Waals surface area contributed by atoms with E-state index in [1.165, 1.54) is 5.56 Å². The SMILES string of the molecule is O=C(C1CC1)N1c2ccccc2N=CCC1c1ccccc1. The number of hydrogen-bond donors (Lipinski definition) is 0. The Bertz CT molecular complexity index is 719. The Balaban J connectivity index is 1.83. The predicted octanol–water partition coefficient (Wildman–Crippen LogP) is 4.28. The van der Waals surface area contributed by atoms with Gasteiger partial charge in [-0.1, -0.05) is 42.5 Å². The van der Waals surface area contributed by atoms with Gasteiger partial charge in [0.1, 0.15) is 0 Å². The topological polar surface area (TPSA) is 32.7 Å². The number of rotatable bonds is 2. The molecular formula is C19H18N2O. The second-order valence-electron chi connectivity index (χ2n) is 5.95. The van der Waals surface area contributed by atoms with Crippen molar-refractivity contribution in [2.75, 3.05) is 4.90 Å². The Hall–Kier alpha value is -2.42. The minimum atomic E-state index is 0.0294. The van der Waals surface area contributed by atoms with Crippen molar-refractivity contribution in [2.24, 2.45) is 10.9 Å². The highest BCUT2D eigenvalue weighted by atomic mass is 16.2. The van der Waals surface area contributed by atoms with E-state index in [1.807, 2.05) is 53.6 Å². The number of benzene rings is 2. The lowest BCUT2D eigenvalue weighted by atomic mass is 10.0. The van der Waals surface area contributed by atoms with Crippen LogP contribution >= 0.6 is 0 Å². The zero-order chi connectivity index (χ0) is 14.9. The number of amides is 1. The molecule has 1 atom stereocenters. The van der Waals surface area contributed by atoms with E-state index in [0.29, 0.717) is 0 Å². The van der Waals surface area contributed by atoms with Crippen LogP contribution in [0.5, 0.6) is 0 Å². The molecule has 0 saturated heterocycles. The van der Waals surface area contributed by atoms with Crippen LogP contribution in [0.4, 0.5) is 11.4 Å². The van der Waals surface area contributed by atoms with E-state index in [9.17, 15) is 4.79 Å². The Morgan fingerprint density at radius 3 is 2.50 bits per heavy atom. The third-order valence-corrected chi connectivity index (χ3v) is 4.36. The van der Waals surface area contributed by atoms with Gasteiger partial charge >= 0.3 is 0 Å². The summed E-state index contributed by atoms with van der Waals surface area (Å²) in [5.41, 5.74) is 2.98.